The number of likely N-dealkylation sites (tertiary alicyclic amines) is 1. The van der Waals surface area contributed by atoms with Crippen LogP contribution in [-0.4, -0.2) is 53.4 Å². The van der Waals surface area contributed by atoms with Crippen LogP contribution in [0.4, 0.5) is 17.6 Å². The number of halogens is 4. The van der Waals surface area contributed by atoms with Crippen molar-refractivity contribution in [2.75, 3.05) is 20.2 Å². The monoisotopic (exact) mass is 480 g/mol. The van der Waals surface area contributed by atoms with E-state index in [1.165, 1.54) is 13.2 Å². The summed E-state index contributed by atoms with van der Waals surface area (Å²) < 4.78 is 57.0. The Labute approximate surface area is 193 Å². The van der Waals surface area contributed by atoms with Gasteiger partial charge in [-0.25, -0.2) is 9.18 Å². The number of carbonyl (C=O) groups is 1. The van der Waals surface area contributed by atoms with E-state index in [0.717, 1.165) is 48.0 Å². The van der Waals surface area contributed by atoms with E-state index < -0.39 is 12.1 Å². The van der Waals surface area contributed by atoms with Crippen LogP contribution in [0.15, 0.2) is 54.9 Å². The molecule has 2 heterocycles. The Bertz CT molecular complexity index is 1120. The zero-order valence-electron chi connectivity index (χ0n) is 18.4. The molecular weight excluding hydrogens is 456 g/mol. The van der Waals surface area contributed by atoms with Gasteiger partial charge in [-0.1, -0.05) is 12.1 Å². The molecule has 6 nitrogen and oxygen atoms in total. The summed E-state index contributed by atoms with van der Waals surface area (Å²) in [6.07, 6.45) is 0.677. The summed E-state index contributed by atoms with van der Waals surface area (Å²) in [5.41, 5.74) is 0.889. The molecule has 1 aliphatic heterocycles. The number of piperidine rings is 1. The highest BCUT2D eigenvalue weighted by molar-refractivity contribution is 5.82. The van der Waals surface area contributed by atoms with E-state index in [2.05, 4.69) is 16.0 Å². The van der Waals surface area contributed by atoms with Crippen LogP contribution in [0, 0.1) is 5.82 Å². The second-order valence-electron chi connectivity index (χ2n) is 7.71. The maximum atomic E-state index is 13.9. The van der Waals surface area contributed by atoms with Crippen molar-refractivity contribution in [3.8, 4) is 11.5 Å². The molecule has 0 amide bonds. The fraction of sp³-hybridized carbons (Fsp3) is 0.333. The van der Waals surface area contributed by atoms with Crippen molar-refractivity contribution >= 4 is 16.7 Å². The van der Waals surface area contributed by atoms with Crippen LogP contribution in [0.5, 0.6) is 11.5 Å². The number of pyridine rings is 1. The third-order valence-corrected chi connectivity index (χ3v) is 5.34. The smallest absolute Gasteiger partial charge is 0.490 e. The lowest BCUT2D eigenvalue weighted by Gasteiger charge is -2.32. The van der Waals surface area contributed by atoms with Gasteiger partial charge in [-0.15, -0.1) is 0 Å². The second kappa shape index (κ2) is 11.1. The molecule has 1 saturated heterocycles. The van der Waals surface area contributed by atoms with Gasteiger partial charge in [0.25, 0.3) is 0 Å². The van der Waals surface area contributed by atoms with Crippen LogP contribution in [0.25, 0.3) is 10.8 Å². The molecule has 0 aliphatic carbocycles. The molecule has 34 heavy (non-hydrogen) atoms. The second-order valence-corrected chi connectivity index (χ2v) is 7.71. The molecule has 0 unspecified atom stereocenters. The molecule has 10 heteroatoms. The Kier molecular flexibility index (Phi) is 8.27. The molecule has 1 fully saturated rings. The first-order chi connectivity index (χ1) is 16.2. The standard InChI is InChI=1S/C22H23FN2O2.C2HF3O2/c1-26-22-18(3-2-4-21(22)23)15-25-11-8-19(9-12-25)27-20-6-5-17-14-24-10-7-16(17)13-20;3-2(4,5)1(6)7/h2-7,10,13-14,19H,8-9,11-12,15H2,1H3;(H,6,7). The van der Waals surface area contributed by atoms with Gasteiger partial charge in [0, 0.05) is 43.0 Å². The van der Waals surface area contributed by atoms with Gasteiger partial charge in [0.2, 0.25) is 0 Å². The van der Waals surface area contributed by atoms with Crippen LogP contribution in [0.2, 0.25) is 0 Å². The van der Waals surface area contributed by atoms with Crippen LogP contribution in [-0.2, 0) is 11.3 Å². The molecule has 0 atom stereocenters. The van der Waals surface area contributed by atoms with Gasteiger partial charge in [-0.05, 0) is 48.6 Å². The Morgan fingerprint density at radius 2 is 1.85 bits per heavy atom. The number of aliphatic carboxylic acids is 1. The van der Waals surface area contributed by atoms with Crippen LogP contribution >= 0.6 is 0 Å². The predicted octanol–water partition coefficient (Wildman–Crippen LogP) is 5.06. The molecule has 1 aromatic heterocycles. The van der Waals surface area contributed by atoms with Crippen molar-refractivity contribution in [3.63, 3.8) is 0 Å². The van der Waals surface area contributed by atoms with E-state index in [9.17, 15) is 17.6 Å². The highest BCUT2D eigenvalue weighted by atomic mass is 19.4. The van der Waals surface area contributed by atoms with E-state index in [0.29, 0.717) is 12.3 Å². The number of hydrogen-bond acceptors (Lipinski definition) is 5. The minimum absolute atomic E-state index is 0.204. The van der Waals surface area contributed by atoms with Crippen molar-refractivity contribution in [2.24, 2.45) is 0 Å². The topological polar surface area (TPSA) is 71.9 Å². The Morgan fingerprint density at radius 1 is 1.15 bits per heavy atom. The van der Waals surface area contributed by atoms with Gasteiger partial charge < -0.3 is 14.6 Å². The Hall–Kier alpha value is -3.40. The van der Waals surface area contributed by atoms with Gasteiger partial charge in [0.15, 0.2) is 11.6 Å². The zero-order valence-corrected chi connectivity index (χ0v) is 18.4. The fourth-order valence-corrected chi connectivity index (χ4v) is 3.66. The average molecular weight is 480 g/mol. The first-order valence-corrected chi connectivity index (χ1v) is 10.5. The summed E-state index contributed by atoms with van der Waals surface area (Å²) in [6, 6.07) is 13.2. The number of aromatic nitrogens is 1. The minimum atomic E-state index is -5.08. The average Bonchev–Trinajstić information content (AvgIpc) is 2.80. The molecule has 1 aliphatic rings. The van der Waals surface area contributed by atoms with Crippen LogP contribution < -0.4 is 9.47 Å². The Balaban J connectivity index is 0.000000406. The molecule has 0 spiro atoms. The fourth-order valence-electron chi connectivity index (χ4n) is 3.66. The van der Waals surface area contributed by atoms with E-state index in [1.807, 2.05) is 30.5 Å². The molecule has 0 saturated carbocycles. The van der Waals surface area contributed by atoms with Crippen LogP contribution in [0.3, 0.4) is 0 Å². The van der Waals surface area contributed by atoms with Gasteiger partial charge in [0.05, 0.1) is 7.11 Å². The number of carboxylic acid groups (broad SMARTS) is 1. The van der Waals surface area contributed by atoms with Crippen molar-refractivity contribution in [1.82, 2.24) is 9.88 Å². The Morgan fingerprint density at radius 3 is 2.50 bits per heavy atom. The number of nitrogens with zero attached hydrogens (tertiary/aromatic N) is 2. The van der Waals surface area contributed by atoms with Gasteiger partial charge in [0.1, 0.15) is 11.9 Å². The molecular formula is C24H24F4N2O4. The van der Waals surface area contributed by atoms with Crippen molar-refractivity contribution in [3.05, 3.63) is 66.2 Å². The lowest BCUT2D eigenvalue weighted by Crippen LogP contribution is -2.37. The third kappa shape index (κ3) is 6.80. The third-order valence-electron chi connectivity index (χ3n) is 5.34. The van der Waals surface area contributed by atoms with Crippen LogP contribution in [0.1, 0.15) is 18.4 Å². The number of fused-ring (bicyclic) bond motifs is 1. The predicted molar refractivity (Wildman–Crippen MR) is 117 cm³/mol. The van der Waals surface area contributed by atoms with E-state index in [-0.39, 0.29) is 11.9 Å². The largest absolute Gasteiger partial charge is 0.493 e. The first kappa shape index (κ1) is 25.2. The van der Waals surface area contributed by atoms with Crippen molar-refractivity contribution in [2.45, 2.75) is 31.7 Å². The number of alkyl halides is 3. The highest BCUT2D eigenvalue weighted by Crippen LogP contribution is 2.27. The summed E-state index contributed by atoms with van der Waals surface area (Å²) in [5.74, 6) is -1.81. The molecule has 4 rings (SSSR count). The van der Waals surface area contributed by atoms with E-state index >= 15 is 0 Å². The summed E-state index contributed by atoms with van der Waals surface area (Å²) in [6.45, 7) is 2.53. The van der Waals surface area contributed by atoms with Gasteiger partial charge >= 0.3 is 12.1 Å². The van der Waals surface area contributed by atoms with Gasteiger partial charge in [-0.2, -0.15) is 13.2 Å². The quantitative estimate of drug-likeness (QED) is 0.515. The maximum absolute atomic E-state index is 13.9. The number of methoxy groups -OCH3 is 1. The molecule has 0 bridgehead atoms. The number of rotatable bonds is 5. The summed E-state index contributed by atoms with van der Waals surface area (Å²) >= 11 is 0. The maximum Gasteiger partial charge on any atom is 0.490 e. The number of carboxylic acids is 1. The summed E-state index contributed by atoms with van der Waals surface area (Å²) in [4.78, 5) is 15.4. The molecule has 2 aromatic carbocycles. The summed E-state index contributed by atoms with van der Waals surface area (Å²) in [5, 5.41) is 9.38. The zero-order chi connectivity index (χ0) is 24.7. The van der Waals surface area contributed by atoms with Crippen molar-refractivity contribution in [1.29, 1.82) is 0 Å². The minimum Gasteiger partial charge on any atom is -0.493 e. The molecule has 1 N–H and O–H groups in total. The number of para-hydroxylation sites is 1. The normalized spacial score (nSPS) is 14.9. The SMILES string of the molecule is COc1c(F)cccc1CN1CCC(Oc2ccc3cnccc3c2)CC1.O=C(O)C(F)(F)F. The van der Waals surface area contributed by atoms with Crippen molar-refractivity contribution < 1.29 is 36.9 Å². The number of hydrogen-bond donors (Lipinski definition) is 1. The number of benzene rings is 2. The molecule has 0 radical (unpaired) electrons. The lowest BCUT2D eigenvalue weighted by atomic mass is 10.1. The molecule has 182 valence electrons. The lowest BCUT2D eigenvalue weighted by molar-refractivity contribution is -0.192. The van der Waals surface area contributed by atoms with E-state index in [1.54, 1.807) is 12.3 Å². The summed E-state index contributed by atoms with van der Waals surface area (Å²) in [7, 11) is 1.52. The highest BCUT2D eigenvalue weighted by Gasteiger charge is 2.38. The first-order valence-electron chi connectivity index (χ1n) is 10.5. The van der Waals surface area contributed by atoms with Gasteiger partial charge in [-0.3, -0.25) is 9.88 Å². The van der Waals surface area contributed by atoms with E-state index in [4.69, 9.17) is 19.4 Å². The molecule has 3 aromatic rings. The number of ether oxygens (including phenoxy) is 2.